The summed E-state index contributed by atoms with van der Waals surface area (Å²) in [7, 11) is 3.11. The number of halogens is 1. The average molecular weight is 510 g/mol. The fourth-order valence-electron chi connectivity index (χ4n) is 4.00. The fourth-order valence-corrected chi connectivity index (χ4v) is 4.31. The highest BCUT2D eigenvalue weighted by atomic mass is 32.1. The molecule has 1 aliphatic heterocycles. The van der Waals surface area contributed by atoms with Crippen molar-refractivity contribution in [2.75, 3.05) is 57.2 Å². The lowest BCUT2D eigenvalue weighted by molar-refractivity contribution is -0.118. The molecule has 1 amide bonds. The summed E-state index contributed by atoms with van der Waals surface area (Å²) in [4.78, 5) is 17.2. The van der Waals surface area contributed by atoms with Crippen molar-refractivity contribution in [3.63, 3.8) is 0 Å². The van der Waals surface area contributed by atoms with Gasteiger partial charge in [0.2, 0.25) is 0 Å². The van der Waals surface area contributed by atoms with Crippen LogP contribution in [0.5, 0.6) is 17.2 Å². The lowest BCUT2D eigenvalue weighted by atomic mass is 10.1. The van der Waals surface area contributed by atoms with E-state index in [1.807, 2.05) is 17.0 Å². The second-order valence-corrected chi connectivity index (χ2v) is 8.55. The zero-order valence-corrected chi connectivity index (χ0v) is 21.0. The van der Waals surface area contributed by atoms with Gasteiger partial charge in [0, 0.05) is 43.5 Å². The zero-order chi connectivity index (χ0) is 25.5. The van der Waals surface area contributed by atoms with Crippen molar-refractivity contribution in [1.82, 2.24) is 4.90 Å². The van der Waals surface area contributed by atoms with Crippen LogP contribution in [0.2, 0.25) is 0 Å². The number of amides is 1. The number of methoxy groups -OCH3 is 2. The van der Waals surface area contributed by atoms with Crippen LogP contribution in [0.3, 0.4) is 0 Å². The molecule has 4 rings (SSSR count). The van der Waals surface area contributed by atoms with Crippen molar-refractivity contribution < 1.29 is 23.4 Å². The Labute approximate surface area is 215 Å². The largest absolute Gasteiger partial charge is 0.497 e. The van der Waals surface area contributed by atoms with Gasteiger partial charge in [0.25, 0.3) is 5.91 Å². The minimum Gasteiger partial charge on any atom is -0.497 e. The maximum Gasteiger partial charge on any atom is 0.262 e. The number of para-hydroxylation sites is 1. The molecule has 0 bridgehead atoms. The first-order chi connectivity index (χ1) is 17.5. The van der Waals surface area contributed by atoms with E-state index in [9.17, 15) is 9.18 Å². The third kappa shape index (κ3) is 6.04. The number of thiocarbonyl (C=S) groups is 1. The number of carbonyl (C=O) groups is 1. The van der Waals surface area contributed by atoms with Crippen LogP contribution in [0.1, 0.15) is 5.56 Å². The van der Waals surface area contributed by atoms with E-state index >= 15 is 0 Å². The highest BCUT2D eigenvalue weighted by Gasteiger charge is 2.22. The number of rotatable bonds is 8. The molecule has 0 radical (unpaired) electrons. The van der Waals surface area contributed by atoms with Crippen molar-refractivity contribution >= 4 is 34.5 Å². The molecule has 188 valence electrons. The number of hydrogen-bond donors (Lipinski definition) is 1. The van der Waals surface area contributed by atoms with Crippen LogP contribution in [0.15, 0.2) is 66.7 Å². The first-order valence-electron chi connectivity index (χ1n) is 11.5. The summed E-state index contributed by atoms with van der Waals surface area (Å²) < 4.78 is 30.5. The van der Waals surface area contributed by atoms with Gasteiger partial charge in [-0.1, -0.05) is 30.4 Å². The molecule has 1 N–H and O–H groups in total. The normalized spacial score (nSPS) is 13.2. The number of hydrogen-bond acceptors (Lipinski definition) is 6. The molecular weight excluding hydrogens is 481 g/mol. The van der Waals surface area contributed by atoms with Crippen LogP contribution < -0.4 is 24.4 Å². The Hall–Kier alpha value is -3.85. The molecule has 1 heterocycles. The summed E-state index contributed by atoms with van der Waals surface area (Å²) in [6.07, 6.45) is 0. The van der Waals surface area contributed by atoms with Crippen LogP contribution in [0.25, 0.3) is 0 Å². The molecule has 0 saturated carbocycles. The average Bonchev–Trinajstić information content (AvgIpc) is 2.92. The summed E-state index contributed by atoms with van der Waals surface area (Å²) in [6.45, 7) is 2.51. The number of nitrogens with one attached hydrogen (secondary N) is 1. The second kappa shape index (κ2) is 11.7. The van der Waals surface area contributed by atoms with Gasteiger partial charge in [-0.2, -0.15) is 0 Å². The Morgan fingerprint density at radius 3 is 2.44 bits per heavy atom. The van der Waals surface area contributed by atoms with E-state index in [1.54, 1.807) is 62.8 Å². The summed E-state index contributed by atoms with van der Waals surface area (Å²) in [6, 6.07) is 19.3. The van der Waals surface area contributed by atoms with Gasteiger partial charge < -0.3 is 29.3 Å². The van der Waals surface area contributed by atoms with Crippen LogP contribution in [-0.4, -0.2) is 62.8 Å². The Morgan fingerprint density at radius 1 is 0.944 bits per heavy atom. The smallest absolute Gasteiger partial charge is 0.262 e. The van der Waals surface area contributed by atoms with Gasteiger partial charge in [-0.25, -0.2) is 4.39 Å². The lowest BCUT2D eigenvalue weighted by Crippen LogP contribution is -2.48. The number of piperazine rings is 1. The Bertz CT molecular complexity index is 1230. The SMILES string of the molecule is COc1cccc(NC(=O)COc2ccc(C(=S)N3CCN(c4ccccc4F)CC3)cc2OC)c1. The Kier molecular flexibility index (Phi) is 8.22. The molecule has 1 fully saturated rings. The maximum absolute atomic E-state index is 14.1. The molecule has 0 atom stereocenters. The molecule has 7 nitrogen and oxygen atoms in total. The third-order valence-corrected chi connectivity index (χ3v) is 6.38. The summed E-state index contributed by atoms with van der Waals surface area (Å²) in [5.41, 5.74) is 2.04. The predicted molar refractivity (Wildman–Crippen MR) is 142 cm³/mol. The molecule has 36 heavy (non-hydrogen) atoms. The first-order valence-corrected chi connectivity index (χ1v) is 11.9. The molecule has 0 unspecified atom stereocenters. The van der Waals surface area contributed by atoms with Crippen molar-refractivity contribution in [3.8, 4) is 17.2 Å². The molecule has 3 aromatic rings. The third-order valence-electron chi connectivity index (χ3n) is 5.88. The molecule has 1 aliphatic rings. The van der Waals surface area contributed by atoms with E-state index < -0.39 is 0 Å². The van der Waals surface area contributed by atoms with Crippen molar-refractivity contribution in [2.45, 2.75) is 0 Å². The summed E-state index contributed by atoms with van der Waals surface area (Å²) >= 11 is 5.73. The van der Waals surface area contributed by atoms with E-state index in [1.165, 1.54) is 6.07 Å². The van der Waals surface area contributed by atoms with E-state index in [0.29, 0.717) is 59.8 Å². The molecule has 1 saturated heterocycles. The highest BCUT2D eigenvalue weighted by molar-refractivity contribution is 7.80. The summed E-state index contributed by atoms with van der Waals surface area (Å²) in [5, 5.41) is 2.78. The zero-order valence-electron chi connectivity index (χ0n) is 20.2. The predicted octanol–water partition coefficient (Wildman–Crippen LogP) is 4.36. The van der Waals surface area contributed by atoms with Crippen LogP contribution in [-0.2, 0) is 4.79 Å². The fraction of sp³-hybridized carbons (Fsp3) is 0.259. The first kappa shape index (κ1) is 25.2. The van der Waals surface area contributed by atoms with E-state index in [-0.39, 0.29) is 18.3 Å². The van der Waals surface area contributed by atoms with E-state index in [4.69, 9.17) is 26.4 Å². The molecule has 0 aliphatic carbocycles. The van der Waals surface area contributed by atoms with Crippen LogP contribution >= 0.6 is 12.2 Å². The van der Waals surface area contributed by atoms with Crippen molar-refractivity contribution in [3.05, 3.63) is 78.1 Å². The number of benzene rings is 3. The van der Waals surface area contributed by atoms with Gasteiger partial charge >= 0.3 is 0 Å². The lowest BCUT2D eigenvalue weighted by Gasteiger charge is -2.37. The topological polar surface area (TPSA) is 63.3 Å². The van der Waals surface area contributed by atoms with Gasteiger partial charge in [-0.05, 0) is 42.5 Å². The molecule has 0 aromatic heterocycles. The van der Waals surface area contributed by atoms with Gasteiger partial charge in [0.1, 0.15) is 16.6 Å². The number of anilines is 2. The quantitative estimate of drug-likeness (QED) is 0.453. The summed E-state index contributed by atoms with van der Waals surface area (Å²) in [5.74, 6) is 1.04. The van der Waals surface area contributed by atoms with Gasteiger partial charge in [-0.3, -0.25) is 4.79 Å². The minimum atomic E-state index is -0.308. The molecule has 3 aromatic carbocycles. The van der Waals surface area contributed by atoms with Gasteiger partial charge in [0.05, 0.1) is 19.9 Å². The van der Waals surface area contributed by atoms with E-state index in [0.717, 1.165) is 5.56 Å². The minimum absolute atomic E-state index is 0.185. The van der Waals surface area contributed by atoms with Gasteiger partial charge in [-0.15, -0.1) is 0 Å². The van der Waals surface area contributed by atoms with Gasteiger partial charge in [0.15, 0.2) is 18.1 Å². The molecular formula is C27H28FN3O4S. The van der Waals surface area contributed by atoms with Crippen LogP contribution in [0, 0.1) is 5.82 Å². The maximum atomic E-state index is 14.1. The van der Waals surface area contributed by atoms with Crippen LogP contribution in [0.4, 0.5) is 15.8 Å². The number of nitrogens with zero attached hydrogens (tertiary/aromatic N) is 2. The molecule has 9 heteroatoms. The Morgan fingerprint density at radius 2 is 1.72 bits per heavy atom. The monoisotopic (exact) mass is 509 g/mol. The van der Waals surface area contributed by atoms with Crippen molar-refractivity contribution in [2.24, 2.45) is 0 Å². The highest BCUT2D eigenvalue weighted by Crippen LogP contribution is 2.29. The second-order valence-electron chi connectivity index (χ2n) is 8.17. The van der Waals surface area contributed by atoms with Crippen molar-refractivity contribution in [1.29, 1.82) is 0 Å². The number of ether oxygens (including phenoxy) is 3. The number of carbonyl (C=O) groups excluding carboxylic acids is 1. The Balaban J connectivity index is 1.34. The molecule has 0 spiro atoms. The standard InChI is InChI=1S/C27H28FN3O4S/c1-33-21-7-5-6-20(17-21)29-26(32)18-35-24-11-10-19(16-25(24)34-2)27(36)31-14-12-30(13-15-31)23-9-4-3-8-22(23)28/h3-11,16-17H,12-15,18H2,1-2H3,(H,29,32). The van der Waals surface area contributed by atoms with E-state index in [2.05, 4.69) is 10.2 Å².